The van der Waals surface area contributed by atoms with Gasteiger partial charge in [0.05, 0.1) is 36.5 Å². The Morgan fingerprint density at radius 3 is 2.85 bits per heavy atom. The summed E-state index contributed by atoms with van der Waals surface area (Å²) in [6.45, 7) is 1.50. The molecule has 0 bridgehead atoms. The molecule has 9 heteroatoms. The highest BCUT2D eigenvalue weighted by Crippen LogP contribution is 2.35. The van der Waals surface area contributed by atoms with Crippen LogP contribution in [0, 0.1) is 0 Å². The third-order valence-corrected chi connectivity index (χ3v) is 6.12. The largest absolute Gasteiger partial charge is 0.486 e. The van der Waals surface area contributed by atoms with Crippen LogP contribution in [0.25, 0.3) is 11.0 Å². The zero-order valence-electron chi connectivity index (χ0n) is 19.0. The number of aliphatic hydroxyl groups is 1. The lowest BCUT2D eigenvalue weighted by molar-refractivity contribution is 0.131. The molecular weight excluding hydrogens is 438 g/mol. The summed E-state index contributed by atoms with van der Waals surface area (Å²) in [6, 6.07) is 10.9. The van der Waals surface area contributed by atoms with Gasteiger partial charge in [-0.05, 0) is 43.5 Å². The summed E-state index contributed by atoms with van der Waals surface area (Å²) in [5.41, 5.74) is 2.84. The van der Waals surface area contributed by atoms with E-state index in [-0.39, 0.29) is 12.2 Å². The van der Waals surface area contributed by atoms with Crippen LogP contribution in [0.15, 0.2) is 42.6 Å². The van der Waals surface area contributed by atoms with E-state index in [1.807, 2.05) is 24.3 Å². The molecule has 0 saturated carbocycles. The van der Waals surface area contributed by atoms with E-state index in [1.165, 1.54) is 0 Å². The number of aliphatic hydroxyl groups excluding tert-OH is 1. The zero-order valence-corrected chi connectivity index (χ0v) is 19.0. The number of nitrogens with zero attached hydrogens (tertiary/aromatic N) is 3. The van der Waals surface area contributed by atoms with E-state index in [4.69, 9.17) is 18.9 Å². The smallest absolute Gasteiger partial charge is 0.414 e. The fraction of sp³-hybridized carbons (Fsp3) is 0.400. The lowest BCUT2D eigenvalue weighted by Gasteiger charge is -2.21. The number of fused-ring (bicyclic) bond motifs is 2. The van der Waals surface area contributed by atoms with Gasteiger partial charge >= 0.3 is 6.09 Å². The Morgan fingerprint density at radius 2 is 2.00 bits per heavy atom. The fourth-order valence-corrected chi connectivity index (χ4v) is 4.36. The lowest BCUT2D eigenvalue weighted by Crippen LogP contribution is -2.25. The maximum absolute atomic E-state index is 12.4. The van der Waals surface area contributed by atoms with Crippen molar-refractivity contribution in [2.24, 2.45) is 0 Å². The third-order valence-electron chi connectivity index (χ3n) is 6.12. The summed E-state index contributed by atoms with van der Waals surface area (Å²) in [5, 5.41) is 10.8. The average molecular weight is 466 g/mol. The van der Waals surface area contributed by atoms with Crippen LogP contribution in [-0.4, -0.2) is 54.1 Å². The van der Waals surface area contributed by atoms with Crippen LogP contribution >= 0.6 is 0 Å². The molecule has 34 heavy (non-hydrogen) atoms. The molecule has 0 spiro atoms. The van der Waals surface area contributed by atoms with Crippen molar-refractivity contribution in [2.75, 3.05) is 31.8 Å². The Bertz CT molecular complexity index is 1190. The minimum Gasteiger partial charge on any atom is -0.486 e. The van der Waals surface area contributed by atoms with Crippen LogP contribution in [0.1, 0.15) is 37.4 Å². The topological polar surface area (TPSA) is 103 Å². The van der Waals surface area contributed by atoms with Crippen molar-refractivity contribution in [1.29, 1.82) is 0 Å². The normalized spacial score (nSPS) is 18.1. The highest BCUT2D eigenvalue weighted by molar-refractivity contribution is 5.90. The van der Waals surface area contributed by atoms with E-state index in [0.717, 1.165) is 36.0 Å². The van der Waals surface area contributed by atoms with Gasteiger partial charge < -0.3 is 24.1 Å². The zero-order chi connectivity index (χ0) is 23.5. The maximum atomic E-state index is 12.4. The number of pyridine rings is 2. The second-order valence-corrected chi connectivity index (χ2v) is 8.37. The van der Waals surface area contributed by atoms with Crippen molar-refractivity contribution in [3.8, 4) is 17.4 Å². The van der Waals surface area contributed by atoms with Crippen LogP contribution in [-0.2, 0) is 4.74 Å². The van der Waals surface area contributed by atoms with Gasteiger partial charge in [-0.2, -0.15) is 0 Å². The Labute approximate surface area is 197 Å². The van der Waals surface area contributed by atoms with Crippen molar-refractivity contribution in [1.82, 2.24) is 9.97 Å². The van der Waals surface area contributed by atoms with Gasteiger partial charge in [0.1, 0.15) is 19.3 Å². The Balaban J connectivity index is 1.14. The van der Waals surface area contributed by atoms with Gasteiger partial charge in [-0.3, -0.25) is 9.88 Å². The summed E-state index contributed by atoms with van der Waals surface area (Å²) >= 11 is 0. The number of unbranched alkanes of at least 4 members (excludes halogenated alkanes) is 1. The molecule has 0 aliphatic carbocycles. The van der Waals surface area contributed by atoms with E-state index in [9.17, 15) is 9.90 Å². The highest BCUT2D eigenvalue weighted by atomic mass is 16.6. The molecule has 1 aromatic carbocycles. The van der Waals surface area contributed by atoms with Gasteiger partial charge in [0.25, 0.3) is 0 Å². The first-order valence-electron chi connectivity index (χ1n) is 11.5. The van der Waals surface area contributed by atoms with Gasteiger partial charge in [-0.15, -0.1) is 0 Å². The van der Waals surface area contributed by atoms with E-state index in [0.29, 0.717) is 49.1 Å². The molecule has 2 aliphatic rings. The molecule has 1 amide bonds. The number of amides is 1. The molecule has 5 rings (SSSR count). The summed E-state index contributed by atoms with van der Waals surface area (Å²) in [6.07, 6.45) is 3.38. The molecule has 0 unspecified atom stereocenters. The average Bonchev–Trinajstić information content (AvgIpc) is 3.25. The van der Waals surface area contributed by atoms with Crippen LogP contribution in [0.3, 0.4) is 0 Å². The van der Waals surface area contributed by atoms with Crippen molar-refractivity contribution in [3.63, 3.8) is 0 Å². The fourth-order valence-electron chi connectivity index (χ4n) is 4.36. The van der Waals surface area contributed by atoms with Crippen molar-refractivity contribution in [2.45, 2.75) is 37.9 Å². The molecular formula is C25H27N3O6. The number of aromatic nitrogens is 2. The monoisotopic (exact) mass is 465 g/mol. The molecule has 1 fully saturated rings. The summed E-state index contributed by atoms with van der Waals surface area (Å²) in [7, 11) is 1.56. The molecule has 3 aromatic rings. The number of hydrogen-bond donors (Lipinski definition) is 1. The first-order chi connectivity index (χ1) is 16.6. The first-order valence-corrected chi connectivity index (χ1v) is 11.5. The molecule has 2 aromatic heterocycles. The van der Waals surface area contributed by atoms with Gasteiger partial charge in [0, 0.05) is 23.9 Å². The van der Waals surface area contributed by atoms with Crippen molar-refractivity contribution in [3.05, 3.63) is 48.2 Å². The molecule has 178 valence electrons. The number of ether oxygens (including phenoxy) is 4. The van der Waals surface area contributed by atoms with Gasteiger partial charge in [-0.25, -0.2) is 9.78 Å². The molecule has 4 heterocycles. The van der Waals surface area contributed by atoms with Crippen LogP contribution in [0.5, 0.6) is 17.4 Å². The number of cyclic esters (lactones) is 1. The standard InChI is InChI=1S/C25H27N3O6/c1-31-23-9-7-19-24(27-23)18(10-11-26-19)20(29)5-3-2-4-17-15-28(25(30)34-17)16-6-8-21-22(14-16)33-13-12-32-21/h6-11,14,17,20,29H,2-5,12-13,15H2,1H3/t17-,20-/m1/s1. The SMILES string of the molecule is COc1ccc2nccc([C@H](O)CCCC[C@@H]3CN(c4ccc5c(c4)OCCO5)C(=O)O3)c2n1. The van der Waals surface area contributed by atoms with E-state index in [1.54, 1.807) is 30.3 Å². The summed E-state index contributed by atoms with van der Waals surface area (Å²) < 4.78 is 21.9. The van der Waals surface area contributed by atoms with Gasteiger partial charge in [0.15, 0.2) is 11.5 Å². The molecule has 2 atom stereocenters. The molecule has 2 aliphatic heterocycles. The highest BCUT2D eigenvalue weighted by Gasteiger charge is 2.32. The van der Waals surface area contributed by atoms with Crippen LogP contribution in [0.2, 0.25) is 0 Å². The number of rotatable bonds is 8. The quantitative estimate of drug-likeness (QED) is 0.498. The molecule has 0 radical (unpaired) electrons. The summed E-state index contributed by atoms with van der Waals surface area (Å²) in [4.78, 5) is 22.8. The number of methoxy groups -OCH3 is 1. The number of hydrogen-bond acceptors (Lipinski definition) is 8. The second kappa shape index (κ2) is 9.72. The lowest BCUT2D eigenvalue weighted by atomic mass is 10.0. The van der Waals surface area contributed by atoms with Crippen LogP contribution < -0.4 is 19.1 Å². The predicted molar refractivity (Wildman–Crippen MR) is 125 cm³/mol. The van der Waals surface area contributed by atoms with Crippen molar-refractivity contribution < 1.29 is 28.8 Å². The van der Waals surface area contributed by atoms with Crippen LogP contribution in [0.4, 0.5) is 10.5 Å². The number of anilines is 1. The number of carbonyl (C=O) groups excluding carboxylic acids is 1. The Kier molecular flexibility index (Phi) is 6.35. The molecule has 1 saturated heterocycles. The molecule has 1 N–H and O–H groups in total. The van der Waals surface area contributed by atoms with Crippen molar-refractivity contribution >= 4 is 22.8 Å². The molecule has 9 nitrogen and oxygen atoms in total. The minimum absolute atomic E-state index is 0.189. The first kappa shape index (κ1) is 22.2. The number of carbonyl (C=O) groups is 1. The second-order valence-electron chi connectivity index (χ2n) is 8.37. The summed E-state index contributed by atoms with van der Waals surface area (Å²) in [5.74, 6) is 1.82. The maximum Gasteiger partial charge on any atom is 0.414 e. The Hall–Kier alpha value is -3.59. The van der Waals surface area contributed by atoms with Gasteiger partial charge in [-0.1, -0.05) is 6.42 Å². The number of benzene rings is 1. The van der Waals surface area contributed by atoms with E-state index >= 15 is 0 Å². The minimum atomic E-state index is -0.662. The van der Waals surface area contributed by atoms with E-state index in [2.05, 4.69) is 9.97 Å². The predicted octanol–water partition coefficient (Wildman–Crippen LogP) is 4.03. The van der Waals surface area contributed by atoms with Gasteiger partial charge in [0.2, 0.25) is 5.88 Å². The third kappa shape index (κ3) is 4.56. The Morgan fingerprint density at radius 1 is 1.15 bits per heavy atom. The van der Waals surface area contributed by atoms with E-state index < -0.39 is 6.10 Å².